The number of hydrogen-bond acceptors (Lipinski definition) is 4. The highest BCUT2D eigenvalue weighted by Crippen LogP contribution is 2.25. The van der Waals surface area contributed by atoms with Crippen LogP contribution in [-0.4, -0.2) is 33.4 Å². The highest BCUT2D eigenvalue weighted by atomic mass is 16.2. The number of carbonyl (C=O) groups excluding carboxylic acids is 1. The summed E-state index contributed by atoms with van der Waals surface area (Å²) >= 11 is 0. The monoisotopic (exact) mass is 217 g/mol. The summed E-state index contributed by atoms with van der Waals surface area (Å²) in [7, 11) is 0. The molecule has 0 aliphatic carbocycles. The van der Waals surface area contributed by atoms with Gasteiger partial charge in [-0.25, -0.2) is 9.97 Å². The Morgan fingerprint density at radius 2 is 2.38 bits per heavy atom. The molecular weight excluding hydrogens is 206 g/mol. The number of aromatic amines is 1. The van der Waals surface area contributed by atoms with E-state index in [2.05, 4.69) is 15.0 Å². The number of carbonyl (C=O) groups is 1. The summed E-state index contributed by atoms with van der Waals surface area (Å²) in [5.74, 6) is 0.665. The predicted octanol–water partition coefficient (Wildman–Crippen LogP) is 0.0219. The first-order valence-corrected chi connectivity index (χ1v) is 5.10. The van der Waals surface area contributed by atoms with Gasteiger partial charge in [0.05, 0.1) is 5.39 Å². The smallest absolute Gasteiger partial charge is 0.229 e. The Balaban J connectivity index is 2.12. The molecule has 2 aromatic rings. The van der Waals surface area contributed by atoms with E-state index < -0.39 is 0 Å². The molecule has 6 nitrogen and oxygen atoms in total. The van der Waals surface area contributed by atoms with Gasteiger partial charge in [-0.1, -0.05) is 0 Å². The Kier molecular flexibility index (Phi) is 1.90. The van der Waals surface area contributed by atoms with Crippen molar-refractivity contribution in [1.82, 2.24) is 15.0 Å². The minimum atomic E-state index is -0.101. The lowest BCUT2D eigenvalue weighted by molar-refractivity contribution is -0.117. The van der Waals surface area contributed by atoms with Gasteiger partial charge in [-0.2, -0.15) is 0 Å². The largest absolute Gasteiger partial charge is 0.346 e. The fraction of sp³-hybridized carbons (Fsp3) is 0.300. The minimum absolute atomic E-state index is 0.0219. The van der Waals surface area contributed by atoms with Gasteiger partial charge in [0.1, 0.15) is 17.8 Å². The number of fused-ring (bicyclic) bond motifs is 1. The second kappa shape index (κ2) is 3.28. The molecule has 3 heterocycles. The standard InChI is InChI=1S/C10H11N5O/c11-6-3-8(16)15(4-6)10-7-1-2-12-9(7)13-5-14-10/h1-2,5-6H,3-4,11H2,(H,12,13,14). The maximum absolute atomic E-state index is 11.7. The van der Waals surface area contributed by atoms with Gasteiger partial charge >= 0.3 is 0 Å². The van der Waals surface area contributed by atoms with Crippen molar-refractivity contribution in [2.24, 2.45) is 5.73 Å². The second-order valence-corrected chi connectivity index (χ2v) is 3.91. The van der Waals surface area contributed by atoms with Crippen LogP contribution in [0.15, 0.2) is 18.6 Å². The van der Waals surface area contributed by atoms with E-state index in [4.69, 9.17) is 5.73 Å². The quantitative estimate of drug-likeness (QED) is 0.705. The zero-order chi connectivity index (χ0) is 11.1. The zero-order valence-corrected chi connectivity index (χ0v) is 8.55. The zero-order valence-electron chi connectivity index (χ0n) is 8.55. The fourth-order valence-electron chi connectivity index (χ4n) is 2.01. The maximum Gasteiger partial charge on any atom is 0.229 e. The maximum atomic E-state index is 11.7. The van der Waals surface area contributed by atoms with Crippen molar-refractivity contribution in [3.63, 3.8) is 0 Å². The van der Waals surface area contributed by atoms with Gasteiger partial charge in [0, 0.05) is 25.2 Å². The Morgan fingerprint density at radius 3 is 3.12 bits per heavy atom. The normalized spacial score (nSPS) is 20.9. The first-order chi connectivity index (χ1) is 7.75. The van der Waals surface area contributed by atoms with Crippen molar-refractivity contribution >= 4 is 22.8 Å². The summed E-state index contributed by atoms with van der Waals surface area (Å²) in [5, 5.41) is 0.852. The summed E-state index contributed by atoms with van der Waals surface area (Å²) in [6.07, 6.45) is 3.62. The molecule has 1 unspecified atom stereocenters. The van der Waals surface area contributed by atoms with E-state index in [0.29, 0.717) is 18.8 Å². The first-order valence-electron chi connectivity index (χ1n) is 5.10. The van der Waals surface area contributed by atoms with Crippen molar-refractivity contribution in [3.05, 3.63) is 18.6 Å². The number of amides is 1. The minimum Gasteiger partial charge on any atom is -0.346 e. The molecular formula is C10H11N5O. The molecule has 1 saturated heterocycles. The summed E-state index contributed by atoms with van der Waals surface area (Å²) in [6, 6.07) is 1.76. The van der Waals surface area contributed by atoms with Crippen molar-refractivity contribution in [3.8, 4) is 0 Å². The molecule has 1 aliphatic heterocycles. The average molecular weight is 217 g/mol. The van der Waals surface area contributed by atoms with Crippen LogP contribution in [0.4, 0.5) is 5.82 Å². The van der Waals surface area contributed by atoms with Crippen molar-refractivity contribution < 1.29 is 4.79 Å². The average Bonchev–Trinajstić information content (AvgIpc) is 2.84. The molecule has 2 aromatic heterocycles. The number of nitrogens with one attached hydrogen (secondary N) is 1. The number of aromatic nitrogens is 3. The molecule has 82 valence electrons. The van der Waals surface area contributed by atoms with Gasteiger partial charge in [-0.15, -0.1) is 0 Å². The highest BCUT2D eigenvalue weighted by molar-refractivity contribution is 6.02. The van der Waals surface area contributed by atoms with Crippen LogP contribution < -0.4 is 10.6 Å². The van der Waals surface area contributed by atoms with Gasteiger partial charge in [-0.05, 0) is 6.07 Å². The third-order valence-corrected chi connectivity index (χ3v) is 2.74. The molecule has 1 fully saturated rings. The lowest BCUT2D eigenvalue weighted by atomic mass is 10.3. The van der Waals surface area contributed by atoms with E-state index in [9.17, 15) is 4.79 Å². The first kappa shape index (κ1) is 9.29. The highest BCUT2D eigenvalue weighted by Gasteiger charge is 2.30. The van der Waals surface area contributed by atoms with Gasteiger partial charge in [0.15, 0.2) is 0 Å². The Labute approximate surface area is 91.5 Å². The van der Waals surface area contributed by atoms with Crippen LogP contribution in [0.2, 0.25) is 0 Å². The lowest BCUT2D eigenvalue weighted by Crippen LogP contribution is -2.28. The van der Waals surface area contributed by atoms with E-state index in [1.54, 1.807) is 11.1 Å². The van der Waals surface area contributed by atoms with E-state index in [1.165, 1.54) is 6.33 Å². The SMILES string of the molecule is NC1CC(=O)N(c2ncnc3[nH]ccc23)C1. The molecule has 1 aliphatic rings. The Hall–Kier alpha value is -1.95. The molecule has 6 heteroatoms. The van der Waals surface area contributed by atoms with Gasteiger partial charge in [0.25, 0.3) is 0 Å². The van der Waals surface area contributed by atoms with Gasteiger partial charge < -0.3 is 10.7 Å². The summed E-state index contributed by atoms with van der Waals surface area (Å²) in [4.78, 5) is 24.6. The number of hydrogen-bond donors (Lipinski definition) is 2. The molecule has 16 heavy (non-hydrogen) atoms. The number of nitrogens with zero attached hydrogens (tertiary/aromatic N) is 3. The van der Waals surface area contributed by atoms with Crippen molar-refractivity contribution in [2.75, 3.05) is 11.4 Å². The molecule has 0 saturated carbocycles. The molecule has 1 amide bonds. The molecule has 0 radical (unpaired) electrons. The van der Waals surface area contributed by atoms with Gasteiger partial charge in [0.2, 0.25) is 5.91 Å². The summed E-state index contributed by atoms with van der Waals surface area (Å²) < 4.78 is 0. The van der Waals surface area contributed by atoms with Crippen LogP contribution in [0.5, 0.6) is 0 Å². The van der Waals surface area contributed by atoms with Crippen LogP contribution in [-0.2, 0) is 4.79 Å². The van der Waals surface area contributed by atoms with E-state index in [-0.39, 0.29) is 11.9 Å². The van der Waals surface area contributed by atoms with Crippen LogP contribution in [0, 0.1) is 0 Å². The van der Waals surface area contributed by atoms with Gasteiger partial charge in [-0.3, -0.25) is 9.69 Å². The van der Waals surface area contributed by atoms with E-state index >= 15 is 0 Å². The molecule has 3 rings (SSSR count). The van der Waals surface area contributed by atoms with Crippen molar-refractivity contribution in [1.29, 1.82) is 0 Å². The molecule has 3 N–H and O–H groups in total. The summed E-state index contributed by atoms with van der Waals surface area (Å²) in [6.45, 7) is 0.524. The Bertz CT molecular complexity index is 549. The van der Waals surface area contributed by atoms with Crippen LogP contribution in [0.1, 0.15) is 6.42 Å². The third-order valence-electron chi connectivity index (χ3n) is 2.74. The Morgan fingerprint density at radius 1 is 1.50 bits per heavy atom. The molecule has 0 aromatic carbocycles. The number of H-pyrrole nitrogens is 1. The number of anilines is 1. The number of nitrogens with two attached hydrogens (primary N) is 1. The summed E-state index contributed by atoms with van der Waals surface area (Å²) in [5.41, 5.74) is 6.49. The van der Waals surface area contributed by atoms with Crippen LogP contribution in [0.25, 0.3) is 11.0 Å². The fourth-order valence-corrected chi connectivity index (χ4v) is 2.01. The van der Waals surface area contributed by atoms with Crippen LogP contribution in [0.3, 0.4) is 0 Å². The predicted molar refractivity (Wildman–Crippen MR) is 58.8 cm³/mol. The van der Waals surface area contributed by atoms with E-state index in [1.807, 2.05) is 6.07 Å². The second-order valence-electron chi connectivity index (χ2n) is 3.91. The number of rotatable bonds is 1. The molecule has 1 atom stereocenters. The van der Waals surface area contributed by atoms with Crippen LogP contribution >= 0.6 is 0 Å². The van der Waals surface area contributed by atoms with Crippen molar-refractivity contribution in [2.45, 2.75) is 12.5 Å². The molecule has 0 spiro atoms. The lowest BCUT2D eigenvalue weighted by Gasteiger charge is -2.15. The third kappa shape index (κ3) is 1.27. The molecule has 0 bridgehead atoms. The topological polar surface area (TPSA) is 87.9 Å². The van der Waals surface area contributed by atoms with E-state index in [0.717, 1.165) is 11.0 Å².